The SMILES string of the molecule is O[C@H]1CC[C@@H](c2ccc(F)c(F)c2)Cc2cccnc21. The molecule has 0 radical (unpaired) electrons. The third-order valence-corrected chi connectivity index (χ3v) is 3.91. The van der Waals surface area contributed by atoms with Gasteiger partial charge in [-0.25, -0.2) is 8.78 Å². The van der Waals surface area contributed by atoms with Crippen LogP contribution in [0.1, 0.15) is 41.7 Å². The average Bonchev–Trinajstić information content (AvgIpc) is 2.62. The Bertz CT molecular complexity index is 630. The van der Waals surface area contributed by atoms with Gasteiger partial charge in [0.25, 0.3) is 0 Å². The molecule has 1 aromatic heterocycles. The predicted molar refractivity (Wildman–Crippen MR) is 71.2 cm³/mol. The number of pyridine rings is 1. The van der Waals surface area contributed by atoms with Crippen molar-refractivity contribution in [1.82, 2.24) is 4.98 Å². The number of aliphatic hydroxyl groups excluding tert-OH is 1. The summed E-state index contributed by atoms with van der Waals surface area (Å²) in [7, 11) is 0. The number of fused-ring (bicyclic) bond motifs is 1. The Morgan fingerprint density at radius 3 is 2.75 bits per heavy atom. The Hall–Kier alpha value is -1.81. The van der Waals surface area contributed by atoms with Crippen molar-refractivity contribution in [2.24, 2.45) is 0 Å². The van der Waals surface area contributed by atoms with E-state index in [0.29, 0.717) is 18.5 Å². The van der Waals surface area contributed by atoms with Crippen LogP contribution in [-0.4, -0.2) is 10.1 Å². The van der Waals surface area contributed by atoms with E-state index in [1.54, 1.807) is 12.3 Å². The van der Waals surface area contributed by atoms with E-state index in [2.05, 4.69) is 4.98 Å². The Balaban J connectivity index is 1.94. The Kier molecular flexibility index (Phi) is 3.49. The normalized spacial score (nSPS) is 22.1. The predicted octanol–water partition coefficient (Wildman–Crippen LogP) is 3.51. The van der Waals surface area contributed by atoms with Crippen LogP contribution in [0.5, 0.6) is 0 Å². The van der Waals surface area contributed by atoms with E-state index in [1.807, 2.05) is 12.1 Å². The largest absolute Gasteiger partial charge is 0.387 e. The molecule has 1 aromatic carbocycles. The molecule has 1 aliphatic carbocycles. The fourth-order valence-electron chi connectivity index (χ4n) is 2.84. The highest BCUT2D eigenvalue weighted by molar-refractivity contribution is 5.29. The molecule has 2 nitrogen and oxygen atoms in total. The van der Waals surface area contributed by atoms with Gasteiger partial charge in [0.1, 0.15) is 0 Å². The van der Waals surface area contributed by atoms with Crippen LogP contribution in [-0.2, 0) is 6.42 Å². The van der Waals surface area contributed by atoms with Gasteiger partial charge in [-0.2, -0.15) is 0 Å². The van der Waals surface area contributed by atoms with Gasteiger partial charge < -0.3 is 5.11 Å². The second-order valence-electron chi connectivity index (χ2n) is 5.22. The van der Waals surface area contributed by atoms with Crippen molar-refractivity contribution < 1.29 is 13.9 Å². The van der Waals surface area contributed by atoms with Gasteiger partial charge in [-0.15, -0.1) is 0 Å². The third kappa shape index (κ3) is 2.43. The minimum atomic E-state index is -0.829. The lowest BCUT2D eigenvalue weighted by molar-refractivity contribution is 0.160. The minimum Gasteiger partial charge on any atom is -0.387 e. The van der Waals surface area contributed by atoms with Crippen LogP contribution >= 0.6 is 0 Å². The molecule has 1 aliphatic rings. The first-order valence-corrected chi connectivity index (χ1v) is 6.72. The van der Waals surface area contributed by atoms with Crippen molar-refractivity contribution in [2.45, 2.75) is 31.3 Å². The van der Waals surface area contributed by atoms with Crippen LogP contribution in [0.25, 0.3) is 0 Å². The van der Waals surface area contributed by atoms with Gasteiger partial charge in [0, 0.05) is 6.20 Å². The molecule has 0 spiro atoms. The molecule has 0 unspecified atom stereocenters. The van der Waals surface area contributed by atoms with Crippen LogP contribution in [0.15, 0.2) is 36.5 Å². The first kappa shape index (κ1) is 13.2. The van der Waals surface area contributed by atoms with E-state index >= 15 is 0 Å². The first-order valence-electron chi connectivity index (χ1n) is 6.72. The second kappa shape index (κ2) is 5.29. The molecule has 104 valence electrons. The summed E-state index contributed by atoms with van der Waals surface area (Å²) in [6.45, 7) is 0. The van der Waals surface area contributed by atoms with Crippen molar-refractivity contribution in [3.63, 3.8) is 0 Å². The number of hydrogen-bond acceptors (Lipinski definition) is 2. The molecular formula is C16H15F2NO. The zero-order chi connectivity index (χ0) is 14.1. The van der Waals surface area contributed by atoms with Gasteiger partial charge in [-0.3, -0.25) is 4.98 Å². The van der Waals surface area contributed by atoms with Crippen molar-refractivity contribution in [3.8, 4) is 0 Å². The number of halogens is 2. The van der Waals surface area contributed by atoms with Gasteiger partial charge in [0.2, 0.25) is 0 Å². The summed E-state index contributed by atoms with van der Waals surface area (Å²) >= 11 is 0. The summed E-state index contributed by atoms with van der Waals surface area (Å²) in [5.41, 5.74) is 2.46. The summed E-state index contributed by atoms with van der Waals surface area (Å²) in [5, 5.41) is 10.1. The summed E-state index contributed by atoms with van der Waals surface area (Å²) < 4.78 is 26.4. The van der Waals surface area contributed by atoms with E-state index in [-0.39, 0.29) is 5.92 Å². The fourth-order valence-corrected chi connectivity index (χ4v) is 2.84. The highest BCUT2D eigenvalue weighted by Gasteiger charge is 2.24. The van der Waals surface area contributed by atoms with Gasteiger partial charge in [-0.1, -0.05) is 12.1 Å². The van der Waals surface area contributed by atoms with Crippen LogP contribution in [0.2, 0.25) is 0 Å². The highest BCUT2D eigenvalue weighted by atomic mass is 19.2. The van der Waals surface area contributed by atoms with E-state index in [9.17, 15) is 13.9 Å². The number of hydrogen-bond donors (Lipinski definition) is 1. The number of aliphatic hydroxyl groups is 1. The quantitative estimate of drug-likeness (QED) is 0.808. The third-order valence-electron chi connectivity index (χ3n) is 3.91. The second-order valence-corrected chi connectivity index (χ2v) is 5.22. The summed E-state index contributed by atoms with van der Waals surface area (Å²) in [4.78, 5) is 4.24. The molecule has 2 atom stereocenters. The lowest BCUT2D eigenvalue weighted by atomic mass is 9.90. The lowest BCUT2D eigenvalue weighted by Crippen LogP contribution is -2.03. The van der Waals surface area contributed by atoms with Gasteiger partial charge in [0.05, 0.1) is 11.8 Å². The Labute approximate surface area is 116 Å². The van der Waals surface area contributed by atoms with Gasteiger partial charge >= 0.3 is 0 Å². The van der Waals surface area contributed by atoms with Crippen LogP contribution in [0.3, 0.4) is 0 Å². The number of rotatable bonds is 1. The number of benzene rings is 1. The molecule has 3 rings (SSSR count). The van der Waals surface area contributed by atoms with Gasteiger partial charge in [0.15, 0.2) is 11.6 Å². The van der Waals surface area contributed by atoms with E-state index < -0.39 is 17.7 Å². The van der Waals surface area contributed by atoms with Crippen molar-refractivity contribution in [3.05, 3.63) is 65.0 Å². The molecule has 20 heavy (non-hydrogen) atoms. The smallest absolute Gasteiger partial charge is 0.159 e. The topological polar surface area (TPSA) is 33.1 Å². The van der Waals surface area contributed by atoms with E-state index in [1.165, 1.54) is 6.07 Å². The molecule has 1 N–H and O–H groups in total. The monoisotopic (exact) mass is 275 g/mol. The average molecular weight is 275 g/mol. The summed E-state index contributed by atoms with van der Waals surface area (Å²) in [5.74, 6) is -1.58. The molecule has 2 aromatic rings. The highest BCUT2D eigenvalue weighted by Crippen LogP contribution is 2.35. The van der Waals surface area contributed by atoms with Crippen molar-refractivity contribution in [1.29, 1.82) is 0 Å². The lowest BCUT2D eigenvalue weighted by Gasteiger charge is -2.15. The maximum Gasteiger partial charge on any atom is 0.159 e. The summed E-state index contributed by atoms with van der Waals surface area (Å²) in [6.07, 6.45) is 3.07. The molecule has 0 amide bonds. The van der Waals surface area contributed by atoms with Crippen molar-refractivity contribution in [2.75, 3.05) is 0 Å². The number of aromatic nitrogens is 1. The zero-order valence-electron chi connectivity index (χ0n) is 10.9. The van der Waals surface area contributed by atoms with E-state index in [4.69, 9.17) is 0 Å². The fraction of sp³-hybridized carbons (Fsp3) is 0.312. The maximum absolute atomic E-state index is 13.4. The molecule has 4 heteroatoms. The summed E-state index contributed by atoms with van der Waals surface area (Å²) in [6, 6.07) is 7.81. The molecule has 0 bridgehead atoms. The standard InChI is InChI=1S/C16H15F2NO/c17-13-5-3-11(9-14(13)18)10-4-6-15(20)16-12(8-10)2-1-7-19-16/h1-3,5,7,9-10,15,20H,4,6,8H2/t10-,15+/m1/s1. The molecule has 0 saturated heterocycles. The zero-order valence-corrected chi connectivity index (χ0v) is 10.9. The molecule has 0 fully saturated rings. The molecular weight excluding hydrogens is 260 g/mol. The molecule has 0 saturated carbocycles. The van der Waals surface area contributed by atoms with Crippen molar-refractivity contribution >= 4 is 0 Å². The van der Waals surface area contributed by atoms with Crippen LogP contribution in [0.4, 0.5) is 8.78 Å². The molecule has 1 heterocycles. The van der Waals surface area contributed by atoms with Gasteiger partial charge in [-0.05, 0) is 54.5 Å². The molecule has 0 aliphatic heterocycles. The van der Waals surface area contributed by atoms with Crippen LogP contribution in [0, 0.1) is 11.6 Å². The maximum atomic E-state index is 13.4. The Morgan fingerprint density at radius 1 is 1.10 bits per heavy atom. The Morgan fingerprint density at radius 2 is 1.95 bits per heavy atom. The first-order chi connectivity index (χ1) is 9.65. The van der Waals surface area contributed by atoms with Crippen LogP contribution < -0.4 is 0 Å². The van der Waals surface area contributed by atoms with E-state index in [0.717, 1.165) is 23.6 Å². The minimum absolute atomic E-state index is 0.0743. The number of nitrogens with zero attached hydrogens (tertiary/aromatic N) is 1.